The molecule has 1 aromatic heterocycles. The highest BCUT2D eigenvalue weighted by Crippen LogP contribution is 2.31. The Morgan fingerprint density at radius 3 is 2.62 bits per heavy atom. The highest BCUT2D eigenvalue weighted by Gasteiger charge is 2.27. The number of nitrogens with two attached hydrogens (primary N) is 1. The molecule has 3 rings (SSSR count). The van der Waals surface area contributed by atoms with E-state index in [4.69, 9.17) is 10.5 Å². The highest BCUT2D eigenvalue weighted by atomic mass is 16.5. The fourth-order valence-electron chi connectivity index (χ4n) is 3.28. The molecule has 7 heteroatoms. The topological polar surface area (TPSA) is 93.4 Å². The molecule has 0 radical (unpaired) electrons. The van der Waals surface area contributed by atoms with Crippen molar-refractivity contribution < 1.29 is 9.53 Å². The predicted octanol–water partition coefficient (Wildman–Crippen LogP) is 2.62. The number of rotatable bonds is 5. The van der Waals surface area contributed by atoms with Gasteiger partial charge in [-0.25, -0.2) is 9.97 Å². The van der Waals surface area contributed by atoms with Gasteiger partial charge in [0.15, 0.2) is 11.6 Å². The van der Waals surface area contributed by atoms with E-state index in [-0.39, 0.29) is 17.9 Å². The van der Waals surface area contributed by atoms with Crippen molar-refractivity contribution in [1.82, 2.24) is 9.97 Å². The molecule has 1 fully saturated rings. The number of nitrogen functional groups attached to an aromatic ring is 1. The van der Waals surface area contributed by atoms with Gasteiger partial charge in [-0.05, 0) is 25.3 Å². The van der Waals surface area contributed by atoms with Gasteiger partial charge in [-0.1, -0.05) is 30.3 Å². The summed E-state index contributed by atoms with van der Waals surface area (Å²) in [7, 11) is 1.43. The second-order valence-corrected chi connectivity index (χ2v) is 6.52. The van der Waals surface area contributed by atoms with Crippen molar-refractivity contribution in [1.29, 1.82) is 0 Å². The van der Waals surface area contributed by atoms with E-state index in [1.165, 1.54) is 13.4 Å². The van der Waals surface area contributed by atoms with Crippen LogP contribution in [-0.4, -0.2) is 36.1 Å². The molecular formula is C19H25N5O2. The van der Waals surface area contributed by atoms with E-state index in [2.05, 4.69) is 39.2 Å². The standard InChI is InChI=1S/C19H25N5O2/c1-13(14-6-4-3-5-7-14)23-17-16(20)18(22-12-21-17)24-10-8-15(9-11-24)19(25)26-2/h3-7,12-13,15H,8-11,20H2,1-2H3,(H,21,22,23). The number of piperidine rings is 1. The third-order valence-electron chi connectivity index (χ3n) is 4.84. The molecule has 2 heterocycles. The summed E-state index contributed by atoms with van der Waals surface area (Å²) in [5, 5.41) is 3.37. The largest absolute Gasteiger partial charge is 0.469 e. The average Bonchev–Trinajstić information content (AvgIpc) is 2.69. The summed E-state index contributed by atoms with van der Waals surface area (Å²) in [6.07, 6.45) is 3.00. The summed E-state index contributed by atoms with van der Waals surface area (Å²) in [6.45, 7) is 3.50. The molecule has 1 aromatic carbocycles. The Hall–Kier alpha value is -2.83. The van der Waals surface area contributed by atoms with Crippen molar-refractivity contribution in [3.05, 3.63) is 42.2 Å². The number of carbonyl (C=O) groups is 1. The first-order chi connectivity index (χ1) is 12.6. The molecule has 0 saturated carbocycles. The molecule has 2 aromatic rings. The Bertz CT molecular complexity index is 745. The van der Waals surface area contributed by atoms with Gasteiger partial charge in [0.25, 0.3) is 0 Å². The minimum absolute atomic E-state index is 0.0463. The number of methoxy groups -OCH3 is 1. The van der Waals surface area contributed by atoms with Crippen molar-refractivity contribution in [2.45, 2.75) is 25.8 Å². The van der Waals surface area contributed by atoms with Crippen molar-refractivity contribution in [2.24, 2.45) is 5.92 Å². The number of anilines is 3. The first-order valence-corrected chi connectivity index (χ1v) is 8.85. The van der Waals surface area contributed by atoms with Gasteiger partial charge in [0.05, 0.1) is 19.1 Å². The molecule has 1 aliphatic heterocycles. The van der Waals surface area contributed by atoms with Crippen LogP contribution < -0.4 is 16.0 Å². The number of nitrogens with zero attached hydrogens (tertiary/aromatic N) is 3. The Morgan fingerprint density at radius 1 is 1.27 bits per heavy atom. The number of carbonyl (C=O) groups excluding carboxylic acids is 1. The van der Waals surface area contributed by atoms with Crippen LogP contribution in [0.1, 0.15) is 31.4 Å². The first-order valence-electron chi connectivity index (χ1n) is 8.85. The number of hydrogen-bond acceptors (Lipinski definition) is 7. The SMILES string of the molecule is COC(=O)C1CCN(c2ncnc(NC(C)c3ccccc3)c2N)CC1. The maximum Gasteiger partial charge on any atom is 0.308 e. The van der Waals surface area contributed by atoms with Crippen LogP contribution in [0, 0.1) is 5.92 Å². The number of aromatic nitrogens is 2. The van der Waals surface area contributed by atoms with E-state index >= 15 is 0 Å². The zero-order chi connectivity index (χ0) is 18.5. The zero-order valence-corrected chi connectivity index (χ0v) is 15.2. The maximum atomic E-state index is 11.7. The zero-order valence-electron chi connectivity index (χ0n) is 15.2. The smallest absolute Gasteiger partial charge is 0.308 e. The van der Waals surface area contributed by atoms with Crippen LogP contribution in [0.15, 0.2) is 36.7 Å². The summed E-state index contributed by atoms with van der Waals surface area (Å²) >= 11 is 0. The van der Waals surface area contributed by atoms with Gasteiger partial charge < -0.3 is 20.7 Å². The van der Waals surface area contributed by atoms with E-state index in [0.717, 1.165) is 18.4 Å². The molecule has 1 aliphatic rings. The molecule has 0 bridgehead atoms. The Morgan fingerprint density at radius 2 is 1.96 bits per heavy atom. The first kappa shape index (κ1) is 18.0. The van der Waals surface area contributed by atoms with Crippen molar-refractivity contribution in [3.8, 4) is 0 Å². The van der Waals surface area contributed by atoms with Gasteiger partial charge in [0, 0.05) is 13.1 Å². The van der Waals surface area contributed by atoms with Crippen molar-refractivity contribution in [2.75, 3.05) is 36.1 Å². The summed E-state index contributed by atoms with van der Waals surface area (Å²) in [5.74, 6) is 1.15. The van der Waals surface area contributed by atoms with Gasteiger partial charge in [-0.15, -0.1) is 0 Å². The van der Waals surface area contributed by atoms with Crippen molar-refractivity contribution >= 4 is 23.3 Å². The number of esters is 1. The van der Waals surface area contributed by atoms with Gasteiger partial charge in [0.1, 0.15) is 12.0 Å². The van der Waals surface area contributed by atoms with Gasteiger partial charge in [-0.3, -0.25) is 4.79 Å². The molecule has 1 saturated heterocycles. The van der Waals surface area contributed by atoms with Crippen LogP contribution >= 0.6 is 0 Å². The Balaban J connectivity index is 1.71. The van der Waals surface area contributed by atoms with E-state index < -0.39 is 0 Å². The van der Waals surface area contributed by atoms with E-state index in [1.54, 1.807) is 0 Å². The fourth-order valence-corrected chi connectivity index (χ4v) is 3.28. The quantitative estimate of drug-likeness (QED) is 0.796. The molecule has 1 atom stereocenters. The van der Waals surface area contributed by atoms with Gasteiger partial charge in [0.2, 0.25) is 0 Å². The predicted molar refractivity (Wildman–Crippen MR) is 102 cm³/mol. The van der Waals surface area contributed by atoms with E-state index in [9.17, 15) is 4.79 Å². The summed E-state index contributed by atoms with van der Waals surface area (Å²) in [5.41, 5.74) is 8.03. The van der Waals surface area contributed by atoms with Crippen LogP contribution in [0.25, 0.3) is 0 Å². The monoisotopic (exact) mass is 355 g/mol. The molecule has 138 valence electrons. The summed E-state index contributed by atoms with van der Waals surface area (Å²) < 4.78 is 4.84. The lowest BCUT2D eigenvalue weighted by molar-refractivity contribution is -0.146. The number of hydrogen-bond donors (Lipinski definition) is 2. The van der Waals surface area contributed by atoms with Crippen LogP contribution in [-0.2, 0) is 9.53 Å². The maximum absolute atomic E-state index is 11.7. The molecule has 0 aliphatic carbocycles. The van der Waals surface area contributed by atoms with Crippen LogP contribution in [0.5, 0.6) is 0 Å². The Kier molecular flexibility index (Phi) is 5.55. The summed E-state index contributed by atoms with van der Waals surface area (Å²) in [4.78, 5) is 22.5. The molecule has 7 nitrogen and oxygen atoms in total. The second-order valence-electron chi connectivity index (χ2n) is 6.52. The number of benzene rings is 1. The molecule has 1 unspecified atom stereocenters. The third kappa shape index (κ3) is 3.87. The lowest BCUT2D eigenvalue weighted by atomic mass is 9.97. The second kappa shape index (κ2) is 8.03. The highest BCUT2D eigenvalue weighted by molar-refractivity contribution is 5.76. The van der Waals surface area contributed by atoms with E-state index in [1.807, 2.05) is 18.2 Å². The fraction of sp³-hybridized carbons (Fsp3) is 0.421. The van der Waals surface area contributed by atoms with Gasteiger partial charge in [-0.2, -0.15) is 0 Å². The average molecular weight is 355 g/mol. The van der Waals surface area contributed by atoms with Crippen LogP contribution in [0.4, 0.5) is 17.3 Å². The molecule has 0 amide bonds. The third-order valence-corrected chi connectivity index (χ3v) is 4.84. The lowest BCUT2D eigenvalue weighted by Gasteiger charge is -2.32. The normalized spacial score (nSPS) is 16.2. The lowest BCUT2D eigenvalue weighted by Crippen LogP contribution is -2.37. The molecule has 26 heavy (non-hydrogen) atoms. The molecular weight excluding hydrogens is 330 g/mol. The van der Waals surface area contributed by atoms with Crippen LogP contribution in [0.3, 0.4) is 0 Å². The number of ether oxygens (including phenoxy) is 1. The minimum Gasteiger partial charge on any atom is -0.469 e. The van der Waals surface area contributed by atoms with Crippen LogP contribution in [0.2, 0.25) is 0 Å². The summed E-state index contributed by atoms with van der Waals surface area (Å²) in [6, 6.07) is 10.2. The molecule has 3 N–H and O–H groups in total. The molecule has 0 spiro atoms. The van der Waals surface area contributed by atoms with Crippen molar-refractivity contribution in [3.63, 3.8) is 0 Å². The van der Waals surface area contributed by atoms with E-state index in [0.29, 0.717) is 30.4 Å². The number of nitrogens with one attached hydrogen (secondary N) is 1. The minimum atomic E-state index is -0.139. The Labute approximate surface area is 153 Å². The van der Waals surface area contributed by atoms with Gasteiger partial charge >= 0.3 is 5.97 Å².